The van der Waals surface area contributed by atoms with E-state index < -0.39 is 0 Å². The Bertz CT molecular complexity index is 95.7. The highest BCUT2D eigenvalue weighted by molar-refractivity contribution is 4.86. The summed E-state index contributed by atoms with van der Waals surface area (Å²) in [6.45, 7) is 5.19. The van der Waals surface area contributed by atoms with Crippen molar-refractivity contribution in [3.8, 4) is 0 Å². The van der Waals surface area contributed by atoms with E-state index in [-0.39, 0.29) is 5.54 Å². The summed E-state index contributed by atoms with van der Waals surface area (Å²) in [6, 6.07) is 0. The van der Waals surface area contributed by atoms with Gasteiger partial charge in [-0.1, -0.05) is 20.3 Å². The molecule has 0 bridgehead atoms. The van der Waals surface area contributed by atoms with Gasteiger partial charge in [0.15, 0.2) is 0 Å². The lowest BCUT2D eigenvalue weighted by Gasteiger charge is -2.38. The van der Waals surface area contributed by atoms with Crippen molar-refractivity contribution in [1.82, 2.24) is 4.90 Å². The van der Waals surface area contributed by atoms with Crippen LogP contribution in [0.15, 0.2) is 0 Å². The first kappa shape index (κ1) is 10.9. The maximum absolute atomic E-state index is 5.76. The molecule has 2 heteroatoms. The summed E-state index contributed by atoms with van der Waals surface area (Å²) >= 11 is 0. The molecule has 2 nitrogen and oxygen atoms in total. The van der Waals surface area contributed by atoms with Crippen LogP contribution in [0.3, 0.4) is 0 Å². The summed E-state index contributed by atoms with van der Waals surface area (Å²) in [6.07, 6.45) is 3.56. The van der Waals surface area contributed by atoms with Crippen LogP contribution >= 0.6 is 0 Å². The Balaban J connectivity index is 4.20. The third-order valence-electron chi connectivity index (χ3n) is 2.70. The molecule has 2 N–H and O–H groups in total. The van der Waals surface area contributed by atoms with Crippen molar-refractivity contribution >= 4 is 0 Å². The molecule has 0 aliphatic rings. The van der Waals surface area contributed by atoms with Gasteiger partial charge >= 0.3 is 0 Å². The maximum Gasteiger partial charge on any atom is 0.0322 e. The molecule has 0 aromatic carbocycles. The summed E-state index contributed by atoms with van der Waals surface area (Å²) in [7, 11) is 4.23. The molecule has 0 heterocycles. The van der Waals surface area contributed by atoms with E-state index >= 15 is 0 Å². The van der Waals surface area contributed by atoms with Gasteiger partial charge in [-0.3, -0.25) is 0 Å². The zero-order chi connectivity index (χ0) is 8.91. The van der Waals surface area contributed by atoms with Crippen molar-refractivity contribution in [3.63, 3.8) is 0 Å². The normalized spacial score (nSPS) is 16.9. The molecule has 0 saturated carbocycles. The molecule has 0 amide bonds. The summed E-state index contributed by atoms with van der Waals surface area (Å²) < 4.78 is 0. The minimum absolute atomic E-state index is 0.245. The Kier molecular flexibility index (Phi) is 4.69. The number of hydrogen-bond donors (Lipinski definition) is 1. The van der Waals surface area contributed by atoms with Gasteiger partial charge in [-0.25, -0.2) is 0 Å². The van der Waals surface area contributed by atoms with Gasteiger partial charge in [0.2, 0.25) is 0 Å². The third kappa shape index (κ3) is 2.46. The summed E-state index contributed by atoms with van der Waals surface area (Å²) in [4.78, 5) is 2.26. The van der Waals surface area contributed by atoms with E-state index in [9.17, 15) is 0 Å². The van der Waals surface area contributed by atoms with E-state index in [1.165, 1.54) is 12.8 Å². The Hall–Kier alpha value is -0.0800. The highest BCUT2D eigenvalue weighted by atomic mass is 15.2. The van der Waals surface area contributed by atoms with E-state index in [1.54, 1.807) is 0 Å². The lowest BCUT2D eigenvalue weighted by atomic mass is 9.89. The van der Waals surface area contributed by atoms with Crippen LogP contribution in [0.1, 0.15) is 33.1 Å². The zero-order valence-electron chi connectivity index (χ0n) is 8.35. The van der Waals surface area contributed by atoms with Crippen LogP contribution in [-0.4, -0.2) is 31.1 Å². The predicted molar refractivity (Wildman–Crippen MR) is 50.7 cm³/mol. The van der Waals surface area contributed by atoms with Crippen LogP contribution in [-0.2, 0) is 0 Å². The van der Waals surface area contributed by atoms with Crippen molar-refractivity contribution in [2.24, 2.45) is 5.73 Å². The minimum Gasteiger partial charge on any atom is -0.329 e. The van der Waals surface area contributed by atoms with Crippen LogP contribution in [0.25, 0.3) is 0 Å². The van der Waals surface area contributed by atoms with E-state index in [1.807, 2.05) is 0 Å². The first-order valence-corrected chi connectivity index (χ1v) is 4.50. The van der Waals surface area contributed by atoms with Gasteiger partial charge in [0, 0.05) is 12.1 Å². The molecular formula is C9H22N2. The molecule has 0 aliphatic heterocycles. The fourth-order valence-corrected chi connectivity index (χ4v) is 1.61. The Morgan fingerprint density at radius 2 is 1.82 bits per heavy atom. The molecule has 0 saturated heterocycles. The van der Waals surface area contributed by atoms with Gasteiger partial charge < -0.3 is 10.6 Å². The fourth-order valence-electron chi connectivity index (χ4n) is 1.61. The lowest BCUT2D eigenvalue weighted by Crippen LogP contribution is -2.49. The van der Waals surface area contributed by atoms with Gasteiger partial charge in [0.25, 0.3) is 0 Å². The summed E-state index contributed by atoms with van der Waals surface area (Å²) in [5.41, 5.74) is 6.01. The average molecular weight is 158 g/mol. The zero-order valence-corrected chi connectivity index (χ0v) is 8.35. The number of likely N-dealkylation sites (N-methyl/N-ethyl adjacent to an activating group) is 1. The third-order valence-corrected chi connectivity index (χ3v) is 2.70. The highest BCUT2D eigenvalue weighted by Gasteiger charge is 2.27. The highest BCUT2D eigenvalue weighted by Crippen LogP contribution is 2.21. The van der Waals surface area contributed by atoms with E-state index in [2.05, 4.69) is 32.8 Å². The molecule has 0 spiro atoms. The van der Waals surface area contributed by atoms with Crippen LogP contribution in [0.5, 0.6) is 0 Å². The molecular weight excluding hydrogens is 136 g/mol. The van der Waals surface area contributed by atoms with E-state index in [0.717, 1.165) is 13.0 Å². The quantitative estimate of drug-likeness (QED) is 0.656. The summed E-state index contributed by atoms with van der Waals surface area (Å²) in [5, 5.41) is 0. The SMILES string of the molecule is CCCC(CC)(CN)N(C)C. The number of nitrogens with zero attached hydrogens (tertiary/aromatic N) is 1. The largest absolute Gasteiger partial charge is 0.329 e. The monoisotopic (exact) mass is 158 g/mol. The fraction of sp³-hybridized carbons (Fsp3) is 1.00. The standard InChI is InChI=1S/C9H22N2/c1-5-7-9(6-2,8-10)11(3)4/h5-8,10H2,1-4H3. The second kappa shape index (κ2) is 4.73. The summed E-state index contributed by atoms with van der Waals surface area (Å²) in [5.74, 6) is 0. The second-order valence-electron chi connectivity index (χ2n) is 3.43. The second-order valence-corrected chi connectivity index (χ2v) is 3.43. The van der Waals surface area contributed by atoms with Crippen molar-refractivity contribution < 1.29 is 0 Å². The van der Waals surface area contributed by atoms with Gasteiger partial charge in [-0.15, -0.1) is 0 Å². The van der Waals surface area contributed by atoms with Crippen LogP contribution in [0.2, 0.25) is 0 Å². The molecule has 0 aliphatic carbocycles. The lowest BCUT2D eigenvalue weighted by molar-refractivity contribution is 0.140. The van der Waals surface area contributed by atoms with Crippen molar-refractivity contribution in [2.75, 3.05) is 20.6 Å². The van der Waals surface area contributed by atoms with Gasteiger partial charge in [-0.05, 0) is 26.9 Å². The smallest absolute Gasteiger partial charge is 0.0322 e. The Labute approximate surface area is 70.8 Å². The molecule has 0 radical (unpaired) electrons. The Morgan fingerprint density at radius 1 is 1.27 bits per heavy atom. The number of hydrogen-bond acceptors (Lipinski definition) is 2. The number of rotatable bonds is 5. The maximum atomic E-state index is 5.76. The van der Waals surface area contributed by atoms with Crippen molar-refractivity contribution in [2.45, 2.75) is 38.6 Å². The molecule has 11 heavy (non-hydrogen) atoms. The van der Waals surface area contributed by atoms with Gasteiger partial charge in [-0.2, -0.15) is 0 Å². The van der Waals surface area contributed by atoms with E-state index in [0.29, 0.717) is 0 Å². The van der Waals surface area contributed by atoms with Crippen LogP contribution < -0.4 is 5.73 Å². The minimum atomic E-state index is 0.245. The molecule has 68 valence electrons. The van der Waals surface area contributed by atoms with Gasteiger partial charge in [0.05, 0.1) is 0 Å². The Morgan fingerprint density at radius 3 is 1.91 bits per heavy atom. The molecule has 0 fully saturated rings. The number of nitrogens with two attached hydrogens (primary N) is 1. The van der Waals surface area contributed by atoms with E-state index in [4.69, 9.17) is 5.73 Å². The molecule has 1 unspecified atom stereocenters. The molecule has 0 aromatic rings. The first-order chi connectivity index (χ1) is 5.13. The molecule has 1 atom stereocenters. The van der Waals surface area contributed by atoms with Crippen LogP contribution in [0.4, 0.5) is 0 Å². The average Bonchev–Trinajstić information content (AvgIpc) is 2.00. The molecule has 0 aromatic heterocycles. The first-order valence-electron chi connectivity index (χ1n) is 4.50. The topological polar surface area (TPSA) is 29.3 Å². The molecule has 0 rings (SSSR count). The van der Waals surface area contributed by atoms with Crippen molar-refractivity contribution in [1.29, 1.82) is 0 Å². The predicted octanol–water partition coefficient (Wildman–Crippen LogP) is 1.46. The van der Waals surface area contributed by atoms with Gasteiger partial charge in [0.1, 0.15) is 0 Å². The van der Waals surface area contributed by atoms with Crippen LogP contribution in [0, 0.1) is 0 Å². The van der Waals surface area contributed by atoms with Crippen molar-refractivity contribution in [3.05, 3.63) is 0 Å².